The van der Waals surface area contributed by atoms with Gasteiger partial charge in [-0.05, 0) is 19.3 Å². The van der Waals surface area contributed by atoms with E-state index in [1.807, 2.05) is 0 Å². The van der Waals surface area contributed by atoms with Gasteiger partial charge in [0.2, 0.25) is 15.9 Å². The van der Waals surface area contributed by atoms with Crippen LogP contribution in [0.15, 0.2) is 12.7 Å². The van der Waals surface area contributed by atoms with Crippen molar-refractivity contribution in [1.29, 1.82) is 0 Å². The van der Waals surface area contributed by atoms with Gasteiger partial charge in [-0.2, -0.15) is 17.5 Å². The highest BCUT2D eigenvalue weighted by Crippen LogP contribution is 2.38. The van der Waals surface area contributed by atoms with Gasteiger partial charge in [-0.25, -0.2) is 13.2 Å². The summed E-state index contributed by atoms with van der Waals surface area (Å²) in [5.74, 6) is -2.71. The van der Waals surface area contributed by atoms with Crippen LogP contribution in [0.25, 0.3) is 0 Å². The molecule has 1 spiro atoms. The Balaban J connectivity index is 0.000000345. The van der Waals surface area contributed by atoms with Crippen LogP contribution in [-0.2, 0) is 19.6 Å². The highest BCUT2D eigenvalue weighted by atomic mass is 32.2. The number of hydrogen-bond donors (Lipinski definition) is 1. The molecule has 0 aromatic carbocycles. The molecule has 2 heterocycles. The third-order valence-electron chi connectivity index (χ3n) is 5.17. The van der Waals surface area contributed by atoms with Gasteiger partial charge in [-0.15, -0.1) is 6.58 Å². The van der Waals surface area contributed by atoms with Crippen molar-refractivity contribution in [3.63, 3.8) is 0 Å². The number of rotatable bonds is 4. The molecule has 0 radical (unpaired) electrons. The Kier molecular flexibility index (Phi) is 6.46. The SMILES string of the molecule is C=CCN1CCN(C)C(=O)C12CCN(S(=O)(=O)C1CC1)C2.O=C(O)C(F)(F)F. The topological polar surface area (TPSA) is 98.2 Å². The summed E-state index contributed by atoms with van der Waals surface area (Å²) < 4.78 is 58.1. The number of sulfonamides is 1. The second-order valence-electron chi connectivity index (χ2n) is 7.12. The molecule has 8 nitrogen and oxygen atoms in total. The van der Waals surface area contributed by atoms with Gasteiger partial charge < -0.3 is 10.0 Å². The molecule has 12 heteroatoms. The van der Waals surface area contributed by atoms with Gasteiger partial charge in [0.05, 0.1) is 5.25 Å². The zero-order chi connectivity index (χ0) is 21.3. The van der Waals surface area contributed by atoms with E-state index in [1.54, 1.807) is 18.0 Å². The fourth-order valence-corrected chi connectivity index (χ4v) is 5.38. The van der Waals surface area contributed by atoms with Crippen LogP contribution in [0.1, 0.15) is 19.3 Å². The maximum absolute atomic E-state index is 12.7. The summed E-state index contributed by atoms with van der Waals surface area (Å²) in [6.07, 6.45) is -1.19. The fourth-order valence-electron chi connectivity index (χ4n) is 3.48. The molecule has 1 saturated carbocycles. The molecule has 1 unspecified atom stereocenters. The summed E-state index contributed by atoms with van der Waals surface area (Å²) in [7, 11) is -1.41. The van der Waals surface area contributed by atoms with E-state index in [0.29, 0.717) is 32.6 Å². The molecule has 0 bridgehead atoms. The van der Waals surface area contributed by atoms with Crippen LogP contribution in [0.5, 0.6) is 0 Å². The number of piperazine rings is 1. The molecule has 0 aromatic heterocycles. The highest BCUT2D eigenvalue weighted by molar-refractivity contribution is 7.90. The first-order valence-electron chi connectivity index (χ1n) is 8.77. The summed E-state index contributed by atoms with van der Waals surface area (Å²) >= 11 is 0. The van der Waals surface area contributed by atoms with Crippen LogP contribution in [0.2, 0.25) is 0 Å². The van der Waals surface area contributed by atoms with Crippen molar-refractivity contribution < 1.29 is 36.3 Å². The molecule has 2 saturated heterocycles. The van der Waals surface area contributed by atoms with E-state index in [-0.39, 0.29) is 11.2 Å². The first-order valence-corrected chi connectivity index (χ1v) is 10.3. The Hall–Kier alpha value is -1.66. The van der Waals surface area contributed by atoms with Crippen molar-refractivity contribution in [2.75, 3.05) is 39.8 Å². The standard InChI is InChI=1S/C14H23N3O3S.C2HF3O2/c1-3-7-16-10-9-15(2)13(18)14(16)6-8-17(11-14)21(19,20)12-4-5-12;3-2(4,5)1(6)7/h3,12H,1,4-11H2,2H3;(H,6,7). The number of alkyl halides is 3. The molecule has 1 N–H and O–H groups in total. The van der Waals surface area contributed by atoms with Crippen LogP contribution in [0.4, 0.5) is 13.2 Å². The van der Waals surface area contributed by atoms with E-state index in [1.165, 1.54) is 4.31 Å². The molecular formula is C16H24F3N3O5S. The largest absolute Gasteiger partial charge is 0.490 e. The van der Waals surface area contributed by atoms with Gasteiger partial charge in [0.15, 0.2) is 0 Å². The lowest BCUT2D eigenvalue weighted by Crippen LogP contribution is -2.66. The van der Waals surface area contributed by atoms with E-state index >= 15 is 0 Å². The van der Waals surface area contributed by atoms with Crippen molar-refractivity contribution >= 4 is 21.9 Å². The van der Waals surface area contributed by atoms with E-state index in [2.05, 4.69) is 11.5 Å². The van der Waals surface area contributed by atoms with Gasteiger partial charge >= 0.3 is 12.1 Å². The van der Waals surface area contributed by atoms with Gasteiger partial charge in [0.1, 0.15) is 5.54 Å². The Labute approximate surface area is 161 Å². The number of carbonyl (C=O) groups is 2. The minimum atomic E-state index is -5.08. The van der Waals surface area contributed by atoms with Gasteiger partial charge in [-0.3, -0.25) is 9.69 Å². The van der Waals surface area contributed by atoms with E-state index in [0.717, 1.165) is 19.4 Å². The molecule has 160 valence electrons. The molecule has 2 aliphatic heterocycles. The molecule has 3 aliphatic rings. The first kappa shape index (κ1) is 22.6. The number of carboxylic acids is 1. The molecule has 1 aliphatic carbocycles. The molecular weight excluding hydrogens is 403 g/mol. The second-order valence-corrected chi connectivity index (χ2v) is 9.34. The molecule has 3 rings (SSSR count). The number of hydrogen-bond acceptors (Lipinski definition) is 5. The molecule has 3 fully saturated rings. The summed E-state index contributed by atoms with van der Waals surface area (Å²) in [4.78, 5) is 25.4. The summed E-state index contributed by atoms with van der Waals surface area (Å²) in [6, 6.07) is 0. The first-order chi connectivity index (χ1) is 12.9. The smallest absolute Gasteiger partial charge is 0.475 e. The lowest BCUT2D eigenvalue weighted by atomic mass is 9.91. The van der Waals surface area contributed by atoms with Crippen LogP contribution < -0.4 is 0 Å². The third kappa shape index (κ3) is 4.49. The lowest BCUT2D eigenvalue weighted by Gasteiger charge is -2.46. The maximum Gasteiger partial charge on any atom is 0.490 e. The Morgan fingerprint density at radius 3 is 2.36 bits per heavy atom. The minimum absolute atomic E-state index is 0.0455. The van der Waals surface area contributed by atoms with Crippen LogP contribution >= 0.6 is 0 Å². The minimum Gasteiger partial charge on any atom is -0.475 e. The summed E-state index contributed by atoms with van der Waals surface area (Å²) in [5.41, 5.74) is -0.691. The number of carboxylic acid groups (broad SMARTS) is 1. The number of likely N-dealkylation sites (N-methyl/N-ethyl adjacent to an activating group) is 1. The van der Waals surface area contributed by atoms with Crippen molar-refractivity contribution in [3.8, 4) is 0 Å². The van der Waals surface area contributed by atoms with E-state index in [9.17, 15) is 26.4 Å². The Morgan fingerprint density at radius 1 is 1.32 bits per heavy atom. The predicted molar refractivity (Wildman–Crippen MR) is 94.0 cm³/mol. The second kappa shape index (κ2) is 7.99. The zero-order valence-electron chi connectivity index (χ0n) is 15.5. The summed E-state index contributed by atoms with van der Waals surface area (Å²) in [6.45, 7) is 6.58. The Morgan fingerprint density at radius 2 is 1.89 bits per heavy atom. The molecule has 1 atom stereocenters. The zero-order valence-corrected chi connectivity index (χ0v) is 16.3. The molecule has 28 heavy (non-hydrogen) atoms. The Bertz CT molecular complexity index is 738. The predicted octanol–water partition coefficient (Wildman–Crippen LogP) is 0.516. The molecule has 1 amide bonds. The van der Waals surface area contributed by atoms with Crippen LogP contribution in [0, 0.1) is 0 Å². The van der Waals surface area contributed by atoms with Crippen LogP contribution in [-0.4, -0.2) is 96.2 Å². The number of aliphatic carboxylic acids is 1. The molecule has 0 aromatic rings. The number of nitrogens with zero attached hydrogens (tertiary/aromatic N) is 3. The van der Waals surface area contributed by atoms with Gasteiger partial charge in [0, 0.05) is 39.8 Å². The average Bonchev–Trinajstić information content (AvgIpc) is 3.36. The van der Waals surface area contributed by atoms with E-state index in [4.69, 9.17) is 9.90 Å². The van der Waals surface area contributed by atoms with Crippen molar-refractivity contribution in [2.45, 2.75) is 36.2 Å². The quantitative estimate of drug-likeness (QED) is 0.657. The monoisotopic (exact) mass is 427 g/mol. The van der Waals surface area contributed by atoms with Gasteiger partial charge in [-0.1, -0.05) is 6.08 Å². The van der Waals surface area contributed by atoms with Crippen molar-refractivity contribution in [3.05, 3.63) is 12.7 Å². The van der Waals surface area contributed by atoms with E-state index < -0.39 is 27.7 Å². The highest BCUT2D eigenvalue weighted by Gasteiger charge is 2.55. The van der Waals surface area contributed by atoms with Gasteiger partial charge in [0.25, 0.3) is 0 Å². The lowest BCUT2D eigenvalue weighted by molar-refractivity contribution is -0.192. The fraction of sp³-hybridized carbons (Fsp3) is 0.750. The average molecular weight is 427 g/mol. The van der Waals surface area contributed by atoms with Crippen molar-refractivity contribution in [1.82, 2.24) is 14.1 Å². The number of carbonyl (C=O) groups excluding carboxylic acids is 1. The number of halogens is 3. The number of amides is 1. The van der Waals surface area contributed by atoms with Crippen molar-refractivity contribution in [2.24, 2.45) is 0 Å². The normalized spacial score (nSPS) is 26.9. The van der Waals surface area contributed by atoms with Crippen LogP contribution in [0.3, 0.4) is 0 Å². The third-order valence-corrected chi connectivity index (χ3v) is 7.51. The summed E-state index contributed by atoms with van der Waals surface area (Å²) in [5, 5.41) is 6.91. The maximum atomic E-state index is 12.7.